The van der Waals surface area contributed by atoms with Gasteiger partial charge in [0.1, 0.15) is 11.2 Å². The van der Waals surface area contributed by atoms with Crippen molar-refractivity contribution in [2.24, 2.45) is 0 Å². The molecule has 2 aliphatic rings. The third-order valence-electron chi connectivity index (χ3n) is 6.59. The Bertz CT molecular complexity index is 1360. The van der Waals surface area contributed by atoms with Gasteiger partial charge in [-0.15, -0.1) is 0 Å². The van der Waals surface area contributed by atoms with E-state index in [1.807, 2.05) is 56.3 Å². The number of amides is 1. The number of halogens is 1. The van der Waals surface area contributed by atoms with Crippen LogP contribution in [-0.4, -0.2) is 5.91 Å². The Kier molecular flexibility index (Phi) is 3.84. The fraction of sp³-hybridized carbons (Fsp3) is 0.107. The third kappa shape index (κ3) is 2.38. The number of hydrogen-bond donors (Lipinski definition) is 1. The second-order valence-electron chi connectivity index (χ2n) is 8.61. The van der Waals surface area contributed by atoms with E-state index >= 15 is 0 Å². The van der Waals surface area contributed by atoms with Gasteiger partial charge in [-0.2, -0.15) is 0 Å². The number of nitrogens with zero attached hydrogens (tertiary/aromatic N) is 1. The smallest absolute Gasteiger partial charge is 0.244 e. The summed E-state index contributed by atoms with van der Waals surface area (Å²) in [6.07, 6.45) is 0. The number of nitrogens with one attached hydrogen (secondary N) is 1. The van der Waals surface area contributed by atoms with E-state index in [0.717, 1.165) is 39.3 Å². The highest BCUT2D eigenvalue weighted by Crippen LogP contribution is 2.58. The van der Waals surface area contributed by atoms with Gasteiger partial charge in [-0.1, -0.05) is 42.5 Å². The molecule has 0 aliphatic carbocycles. The molecular weight excluding hydrogens is 399 g/mol. The van der Waals surface area contributed by atoms with Gasteiger partial charge in [0.05, 0.1) is 11.4 Å². The zero-order valence-corrected chi connectivity index (χ0v) is 17.8. The van der Waals surface area contributed by atoms with Crippen molar-refractivity contribution in [1.29, 1.82) is 0 Å². The quantitative estimate of drug-likeness (QED) is 0.381. The molecule has 0 bridgehead atoms. The summed E-state index contributed by atoms with van der Waals surface area (Å²) in [6, 6.07) is 27.0. The van der Waals surface area contributed by atoms with Gasteiger partial charge in [0, 0.05) is 28.1 Å². The summed E-state index contributed by atoms with van der Waals surface area (Å²) in [6.45, 7) is 4.09. The Hall–Kier alpha value is -3.92. The fourth-order valence-electron chi connectivity index (χ4n) is 5.23. The van der Waals surface area contributed by atoms with Crippen LogP contribution in [0.3, 0.4) is 0 Å². The summed E-state index contributed by atoms with van der Waals surface area (Å²) in [4.78, 5) is 16.0. The van der Waals surface area contributed by atoms with Crippen LogP contribution in [0, 0.1) is 19.7 Å². The molecule has 0 saturated carbocycles. The molecule has 32 heavy (non-hydrogen) atoms. The topological polar surface area (TPSA) is 32.3 Å². The average molecular weight is 420 g/mol. The molecule has 6 rings (SSSR count). The standard InChI is InChI=1S/C28H21FN2O/c1-17-8-11-21-25(14-17)31(20-6-4-3-5-7-20)26-15-18(2)9-12-22(26)28(21)23-16-19(29)10-13-24(23)30-27(28)32/h3-16H,1-2H3,(H,30,32). The van der Waals surface area contributed by atoms with Crippen LogP contribution in [0.15, 0.2) is 84.9 Å². The van der Waals surface area contributed by atoms with Crippen LogP contribution in [0.4, 0.5) is 27.1 Å². The van der Waals surface area contributed by atoms with Crippen molar-refractivity contribution in [2.45, 2.75) is 19.3 Å². The molecule has 0 unspecified atom stereocenters. The Morgan fingerprint density at radius 3 is 2.00 bits per heavy atom. The number of fused-ring (bicyclic) bond motifs is 6. The number of carbonyl (C=O) groups is 1. The number of carbonyl (C=O) groups excluding carboxylic acids is 1. The van der Waals surface area contributed by atoms with E-state index < -0.39 is 5.41 Å². The van der Waals surface area contributed by atoms with Crippen molar-refractivity contribution in [3.05, 3.63) is 119 Å². The largest absolute Gasteiger partial charge is 0.324 e. The van der Waals surface area contributed by atoms with Crippen LogP contribution in [0.1, 0.15) is 27.8 Å². The SMILES string of the molecule is Cc1ccc2c(c1)N(c1ccccc1)c1cc(C)ccc1C21C(=O)Nc2ccc(F)cc21. The van der Waals surface area contributed by atoms with Gasteiger partial charge in [0.15, 0.2) is 0 Å². The zero-order chi connectivity index (χ0) is 22.0. The van der Waals surface area contributed by atoms with Gasteiger partial charge in [-0.3, -0.25) is 4.79 Å². The van der Waals surface area contributed by atoms with Crippen molar-refractivity contribution < 1.29 is 9.18 Å². The number of rotatable bonds is 1. The Labute approximate surface area is 186 Å². The van der Waals surface area contributed by atoms with Crippen molar-refractivity contribution in [2.75, 3.05) is 10.2 Å². The molecule has 2 aliphatic heterocycles. The molecule has 4 aromatic rings. The van der Waals surface area contributed by atoms with E-state index in [0.29, 0.717) is 11.3 Å². The van der Waals surface area contributed by atoms with Gasteiger partial charge in [-0.25, -0.2) is 4.39 Å². The van der Waals surface area contributed by atoms with Gasteiger partial charge in [0.25, 0.3) is 0 Å². The van der Waals surface area contributed by atoms with Gasteiger partial charge < -0.3 is 10.2 Å². The van der Waals surface area contributed by atoms with Gasteiger partial charge in [0.2, 0.25) is 5.91 Å². The van der Waals surface area contributed by atoms with Crippen molar-refractivity contribution in [1.82, 2.24) is 0 Å². The maximum atomic E-state index is 14.5. The molecule has 156 valence electrons. The molecule has 1 N–H and O–H groups in total. The number of aryl methyl sites for hydroxylation is 2. The molecular formula is C28H21FN2O. The van der Waals surface area contributed by atoms with Crippen LogP contribution >= 0.6 is 0 Å². The van der Waals surface area contributed by atoms with E-state index in [1.165, 1.54) is 12.1 Å². The summed E-state index contributed by atoms with van der Waals surface area (Å²) in [7, 11) is 0. The highest BCUT2D eigenvalue weighted by molar-refractivity contribution is 6.15. The molecule has 2 heterocycles. The van der Waals surface area contributed by atoms with Crippen LogP contribution in [-0.2, 0) is 10.2 Å². The molecule has 4 heteroatoms. The molecule has 0 atom stereocenters. The maximum Gasteiger partial charge on any atom is 0.244 e. The lowest BCUT2D eigenvalue weighted by atomic mass is 9.66. The average Bonchev–Trinajstić information content (AvgIpc) is 3.06. The third-order valence-corrected chi connectivity index (χ3v) is 6.59. The number of benzene rings is 4. The highest BCUT2D eigenvalue weighted by Gasteiger charge is 2.55. The van der Waals surface area contributed by atoms with E-state index in [1.54, 1.807) is 6.07 Å². The Morgan fingerprint density at radius 2 is 1.38 bits per heavy atom. The van der Waals surface area contributed by atoms with E-state index in [-0.39, 0.29) is 11.7 Å². The van der Waals surface area contributed by atoms with E-state index in [9.17, 15) is 9.18 Å². The molecule has 0 aromatic heterocycles. The van der Waals surface area contributed by atoms with Crippen LogP contribution in [0.25, 0.3) is 0 Å². The van der Waals surface area contributed by atoms with E-state index in [2.05, 4.69) is 34.5 Å². The molecule has 0 radical (unpaired) electrons. The highest BCUT2D eigenvalue weighted by atomic mass is 19.1. The lowest BCUT2D eigenvalue weighted by Crippen LogP contribution is -2.42. The summed E-state index contributed by atoms with van der Waals surface area (Å²) in [5.41, 5.74) is 6.96. The number of anilines is 4. The summed E-state index contributed by atoms with van der Waals surface area (Å²) in [5, 5.41) is 3.03. The molecule has 3 nitrogen and oxygen atoms in total. The second-order valence-corrected chi connectivity index (χ2v) is 8.61. The molecule has 0 saturated heterocycles. The fourth-order valence-corrected chi connectivity index (χ4v) is 5.23. The lowest BCUT2D eigenvalue weighted by Gasteiger charge is -2.43. The summed E-state index contributed by atoms with van der Waals surface area (Å²) < 4.78 is 14.5. The number of para-hydroxylation sites is 1. The molecule has 1 amide bonds. The lowest BCUT2D eigenvalue weighted by molar-refractivity contribution is -0.118. The second kappa shape index (κ2) is 6.54. The first-order valence-electron chi connectivity index (χ1n) is 10.7. The van der Waals surface area contributed by atoms with Crippen molar-refractivity contribution in [3.8, 4) is 0 Å². The first-order chi connectivity index (χ1) is 15.5. The van der Waals surface area contributed by atoms with E-state index in [4.69, 9.17) is 0 Å². The normalized spacial score (nSPS) is 15.2. The van der Waals surface area contributed by atoms with Crippen molar-refractivity contribution in [3.63, 3.8) is 0 Å². The van der Waals surface area contributed by atoms with Crippen LogP contribution < -0.4 is 10.2 Å². The minimum Gasteiger partial charge on any atom is -0.324 e. The molecule has 1 spiro atoms. The number of hydrogen-bond acceptors (Lipinski definition) is 2. The monoisotopic (exact) mass is 420 g/mol. The minimum absolute atomic E-state index is 0.152. The first kappa shape index (κ1) is 18.8. The summed E-state index contributed by atoms with van der Waals surface area (Å²) >= 11 is 0. The summed E-state index contributed by atoms with van der Waals surface area (Å²) in [5.74, 6) is -0.506. The predicted octanol–water partition coefficient (Wildman–Crippen LogP) is 6.51. The first-order valence-corrected chi connectivity index (χ1v) is 10.7. The van der Waals surface area contributed by atoms with Crippen molar-refractivity contribution >= 4 is 28.7 Å². The zero-order valence-electron chi connectivity index (χ0n) is 17.8. The maximum absolute atomic E-state index is 14.5. The van der Waals surface area contributed by atoms with Gasteiger partial charge >= 0.3 is 0 Å². The Balaban J connectivity index is 1.78. The Morgan fingerprint density at radius 1 is 0.750 bits per heavy atom. The predicted molar refractivity (Wildman–Crippen MR) is 126 cm³/mol. The van der Waals surface area contributed by atoms with Crippen LogP contribution in [0.2, 0.25) is 0 Å². The van der Waals surface area contributed by atoms with Gasteiger partial charge in [-0.05, 0) is 67.4 Å². The molecule has 0 fully saturated rings. The molecule has 4 aromatic carbocycles. The minimum atomic E-state index is -1.12. The van der Waals surface area contributed by atoms with Crippen LogP contribution in [0.5, 0.6) is 0 Å².